The molecule has 0 radical (unpaired) electrons. The standard InChI is InChI=1S/C30H32N6O6/c31-26(38)18-1-3-20(4-2-18)33-11-9-19(10-12-33)28(40)35-15-13-34(14-16-35)21-5-6-22-23(17-21)30(42)36(29(22)41)24-7-8-25(37)32-27(24)39/h1-6,17,19,24H,7-16H2,(H2,31,38)(H,32,37,39). The van der Waals surface area contributed by atoms with E-state index in [-0.39, 0.29) is 35.8 Å². The van der Waals surface area contributed by atoms with Gasteiger partial charge in [-0.25, -0.2) is 0 Å². The summed E-state index contributed by atoms with van der Waals surface area (Å²) in [5.74, 6) is -2.44. The molecule has 0 bridgehead atoms. The molecule has 4 heterocycles. The molecular formula is C30H32N6O6. The fourth-order valence-corrected chi connectivity index (χ4v) is 6.32. The summed E-state index contributed by atoms with van der Waals surface area (Å²) < 4.78 is 0. The van der Waals surface area contributed by atoms with Crippen LogP contribution >= 0.6 is 0 Å². The van der Waals surface area contributed by atoms with Gasteiger partial charge in [-0.05, 0) is 61.7 Å². The number of nitrogens with zero attached hydrogens (tertiary/aromatic N) is 4. The number of piperidine rings is 2. The first-order valence-electron chi connectivity index (χ1n) is 14.3. The Bertz CT molecular complexity index is 1470. The molecule has 4 aliphatic heterocycles. The van der Waals surface area contributed by atoms with Crippen molar-refractivity contribution in [3.05, 3.63) is 59.2 Å². The zero-order chi connectivity index (χ0) is 29.5. The molecule has 1 unspecified atom stereocenters. The fourth-order valence-electron chi connectivity index (χ4n) is 6.32. The van der Waals surface area contributed by atoms with E-state index in [2.05, 4.69) is 15.1 Å². The maximum absolute atomic E-state index is 13.3. The molecule has 12 nitrogen and oxygen atoms in total. The molecule has 0 spiro atoms. The first kappa shape index (κ1) is 27.4. The van der Waals surface area contributed by atoms with E-state index in [9.17, 15) is 28.8 Å². The molecule has 3 N–H and O–H groups in total. The van der Waals surface area contributed by atoms with Crippen LogP contribution in [0.5, 0.6) is 0 Å². The molecule has 6 amide bonds. The summed E-state index contributed by atoms with van der Waals surface area (Å²) in [4.78, 5) is 81.9. The average Bonchev–Trinajstić information content (AvgIpc) is 3.25. The van der Waals surface area contributed by atoms with Crippen LogP contribution in [0.1, 0.15) is 56.8 Å². The topological polar surface area (TPSA) is 153 Å². The minimum atomic E-state index is -0.998. The number of nitrogens with two attached hydrogens (primary N) is 1. The normalized spacial score (nSPS) is 21.5. The first-order chi connectivity index (χ1) is 20.2. The van der Waals surface area contributed by atoms with Crippen molar-refractivity contribution < 1.29 is 28.8 Å². The van der Waals surface area contributed by atoms with Gasteiger partial charge in [0.05, 0.1) is 11.1 Å². The summed E-state index contributed by atoms with van der Waals surface area (Å²) in [6, 6.07) is 11.3. The quantitative estimate of drug-likeness (QED) is 0.498. The third-order valence-corrected chi connectivity index (χ3v) is 8.74. The number of hydrogen-bond donors (Lipinski definition) is 2. The Hall–Kier alpha value is -4.74. The Morgan fingerprint density at radius 3 is 2.00 bits per heavy atom. The van der Waals surface area contributed by atoms with Crippen LogP contribution in [0, 0.1) is 5.92 Å². The second kappa shape index (κ2) is 10.9. The molecule has 4 aliphatic rings. The molecule has 218 valence electrons. The minimum Gasteiger partial charge on any atom is -0.371 e. The van der Waals surface area contributed by atoms with Gasteiger partial charge in [0.2, 0.25) is 23.6 Å². The molecule has 12 heteroatoms. The SMILES string of the molecule is NC(=O)c1ccc(N2CCC(C(=O)N3CCN(c4ccc5c(c4)C(=O)N(C4CCC(=O)NC4=O)C5=O)CC3)CC2)cc1. The van der Waals surface area contributed by atoms with E-state index in [0.717, 1.165) is 42.2 Å². The average molecular weight is 573 g/mol. The number of fused-ring (bicyclic) bond motifs is 1. The van der Waals surface area contributed by atoms with E-state index >= 15 is 0 Å². The smallest absolute Gasteiger partial charge is 0.262 e. The summed E-state index contributed by atoms with van der Waals surface area (Å²) >= 11 is 0. The van der Waals surface area contributed by atoms with E-state index in [4.69, 9.17) is 5.73 Å². The van der Waals surface area contributed by atoms with Crippen molar-refractivity contribution in [1.82, 2.24) is 15.1 Å². The van der Waals surface area contributed by atoms with Gasteiger partial charge in [-0.15, -0.1) is 0 Å². The van der Waals surface area contributed by atoms with Gasteiger partial charge in [-0.3, -0.25) is 39.0 Å². The lowest BCUT2D eigenvalue weighted by atomic mass is 9.94. The van der Waals surface area contributed by atoms with Gasteiger partial charge in [-0.2, -0.15) is 0 Å². The van der Waals surface area contributed by atoms with Gasteiger partial charge in [-0.1, -0.05) is 0 Å². The maximum atomic E-state index is 13.3. The van der Waals surface area contributed by atoms with Crippen molar-refractivity contribution in [2.24, 2.45) is 11.7 Å². The lowest BCUT2D eigenvalue weighted by molar-refractivity contribution is -0.137. The highest BCUT2D eigenvalue weighted by Crippen LogP contribution is 2.31. The molecule has 0 aromatic heterocycles. The van der Waals surface area contributed by atoms with Crippen molar-refractivity contribution >= 4 is 46.8 Å². The maximum Gasteiger partial charge on any atom is 0.262 e. The van der Waals surface area contributed by atoms with Crippen molar-refractivity contribution in [2.75, 3.05) is 49.1 Å². The molecule has 42 heavy (non-hydrogen) atoms. The van der Waals surface area contributed by atoms with Crippen LogP contribution < -0.4 is 20.9 Å². The molecular weight excluding hydrogens is 540 g/mol. The van der Waals surface area contributed by atoms with Crippen molar-refractivity contribution in [1.29, 1.82) is 0 Å². The van der Waals surface area contributed by atoms with E-state index in [1.54, 1.807) is 30.3 Å². The molecule has 6 rings (SSSR count). The molecule has 3 fully saturated rings. The summed E-state index contributed by atoms with van der Waals surface area (Å²) in [7, 11) is 0. The number of nitrogens with one attached hydrogen (secondary N) is 1. The highest BCUT2D eigenvalue weighted by molar-refractivity contribution is 6.23. The number of primary amides is 1. The number of hydrogen-bond acceptors (Lipinski definition) is 8. The second-order valence-corrected chi connectivity index (χ2v) is 11.2. The number of carbonyl (C=O) groups is 6. The van der Waals surface area contributed by atoms with Crippen LogP contribution in [0.2, 0.25) is 0 Å². The Morgan fingerprint density at radius 2 is 1.36 bits per heavy atom. The fraction of sp³-hybridized carbons (Fsp3) is 0.400. The van der Waals surface area contributed by atoms with E-state index in [1.165, 1.54) is 0 Å². The number of piperazine rings is 1. The third-order valence-electron chi connectivity index (χ3n) is 8.74. The molecule has 1 atom stereocenters. The summed E-state index contributed by atoms with van der Waals surface area (Å²) in [5, 5.41) is 2.21. The highest BCUT2D eigenvalue weighted by atomic mass is 16.2. The third kappa shape index (κ3) is 4.97. The van der Waals surface area contributed by atoms with Gasteiger partial charge in [0, 0.05) is 68.5 Å². The first-order valence-corrected chi connectivity index (χ1v) is 14.3. The Labute approximate surface area is 242 Å². The summed E-state index contributed by atoms with van der Waals surface area (Å²) in [5.41, 5.74) is 8.08. The predicted octanol–water partition coefficient (Wildman–Crippen LogP) is 0.752. The molecule has 3 saturated heterocycles. The van der Waals surface area contributed by atoms with E-state index in [1.807, 2.05) is 17.0 Å². The number of amides is 6. The van der Waals surface area contributed by atoms with Gasteiger partial charge in [0.15, 0.2) is 0 Å². The minimum absolute atomic E-state index is 0.0421. The predicted molar refractivity (Wildman–Crippen MR) is 152 cm³/mol. The monoisotopic (exact) mass is 572 g/mol. The van der Waals surface area contributed by atoms with Gasteiger partial charge < -0.3 is 20.4 Å². The molecule has 0 aliphatic carbocycles. The lowest BCUT2D eigenvalue weighted by Crippen LogP contribution is -2.54. The molecule has 0 saturated carbocycles. The number of anilines is 2. The van der Waals surface area contributed by atoms with Crippen LogP contribution in [0.15, 0.2) is 42.5 Å². The summed E-state index contributed by atoms with van der Waals surface area (Å²) in [6.07, 6.45) is 1.69. The lowest BCUT2D eigenvalue weighted by Gasteiger charge is -2.39. The molecule has 2 aromatic carbocycles. The number of imide groups is 2. The Morgan fingerprint density at radius 1 is 0.738 bits per heavy atom. The van der Waals surface area contributed by atoms with Gasteiger partial charge in [0.1, 0.15) is 6.04 Å². The van der Waals surface area contributed by atoms with Crippen molar-refractivity contribution in [3.8, 4) is 0 Å². The Balaban J connectivity index is 1.04. The van der Waals surface area contributed by atoms with Crippen LogP contribution in [-0.2, 0) is 14.4 Å². The van der Waals surface area contributed by atoms with Crippen LogP contribution in [0.25, 0.3) is 0 Å². The van der Waals surface area contributed by atoms with Crippen molar-refractivity contribution in [2.45, 2.75) is 31.7 Å². The van der Waals surface area contributed by atoms with Crippen LogP contribution in [0.3, 0.4) is 0 Å². The number of rotatable bonds is 5. The van der Waals surface area contributed by atoms with Crippen molar-refractivity contribution in [3.63, 3.8) is 0 Å². The van der Waals surface area contributed by atoms with E-state index in [0.29, 0.717) is 31.7 Å². The summed E-state index contributed by atoms with van der Waals surface area (Å²) in [6.45, 7) is 3.80. The highest BCUT2D eigenvalue weighted by Gasteiger charge is 2.45. The van der Waals surface area contributed by atoms with Crippen LogP contribution in [0.4, 0.5) is 11.4 Å². The van der Waals surface area contributed by atoms with Gasteiger partial charge in [0.25, 0.3) is 11.8 Å². The van der Waals surface area contributed by atoms with E-state index < -0.39 is 35.6 Å². The zero-order valence-electron chi connectivity index (χ0n) is 23.1. The zero-order valence-corrected chi connectivity index (χ0v) is 23.1. The largest absolute Gasteiger partial charge is 0.371 e. The second-order valence-electron chi connectivity index (χ2n) is 11.2. The number of carbonyl (C=O) groups excluding carboxylic acids is 6. The van der Waals surface area contributed by atoms with Gasteiger partial charge >= 0.3 is 0 Å². The Kier molecular flexibility index (Phi) is 7.13. The van der Waals surface area contributed by atoms with Crippen LogP contribution in [-0.4, -0.2) is 90.6 Å². The number of benzene rings is 2. The molecule has 2 aromatic rings.